The van der Waals surface area contributed by atoms with Gasteiger partial charge in [-0.05, 0) is 13.0 Å². The zero-order chi connectivity index (χ0) is 10.9. The molecule has 2 aliphatic rings. The van der Waals surface area contributed by atoms with Crippen LogP contribution in [0.5, 0.6) is 0 Å². The van der Waals surface area contributed by atoms with Crippen molar-refractivity contribution in [2.45, 2.75) is 25.2 Å². The van der Waals surface area contributed by atoms with Gasteiger partial charge in [0.05, 0.1) is 5.92 Å². The Morgan fingerprint density at radius 2 is 2.00 bits per heavy atom. The summed E-state index contributed by atoms with van der Waals surface area (Å²) in [4.78, 5) is 13.4. The van der Waals surface area contributed by atoms with E-state index in [0.717, 1.165) is 13.0 Å². The molecule has 1 amide bonds. The molecule has 1 atom stereocenters. The van der Waals surface area contributed by atoms with E-state index in [1.807, 2.05) is 0 Å². The third-order valence-electron chi connectivity index (χ3n) is 3.22. The molecular weight excluding hydrogens is 202 g/mol. The number of nitrogens with zero attached hydrogens (tertiary/aromatic N) is 1. The standard InChI is InChI=1S/C10H16F2N2O/c11-10(12)2-5-14(6-3-10)9(15)8-1-4-13-7-8/h8,13H,1-7H2/t8-/m1/s1. The number of amides is 1. The number of hydrogen-bond donors (Lipinski definition) is 1. The van der Waals surface area contributed by atoms with Gasteiger partial charge < -0.3 is 10.2 Å². The van der Waals surface area contributed by atoms with E-state index in [1.54, 1.807) is 4.90 Å². The molecule has 2 heterocycles. The predicted molar refractivity (Wildman–Crippen MR) is 51.7 cm³/mol. The highest BCUT2D eigenvalue weighted by Crippen LogP contribution is 2.28. The highest BCUT2D eigenvalue weighted by molar-refractivity contribution is 5.79. The minimum Gasteiger partial charge on any atom is -0.342 e. The fraction of sp³-hybridized carbons (Fsp3) is 0.900. The lowest BCUT2D eigenvalue weighted by Crippen LogP contribution is -2.45. The number of rotatable bonds is 1. The van der Waals surface area contributed by atoms with Gasteiger partial charge >= 0.3 is 0 Å². The maximum Gasteiger partial charge on any atom is 0.251 e. The van der Waals surface area contributed by atoms with Crippen LogP contribution in [0, 0.1) is 5.92 Å². The van der Waals surface area contributed by atoms with E-state index in [-0.39, 0.29) is 37.8 Å². The van der Waals surface area contributed by atoms with Crippen LogP contribution in [0.1, 0.15) is 19.3 Å². The summed E-state index contributed by atoms with van der Waals surface area (Å²) in [7, 11) is 0. The van der Waals surface area contributed by atoms with Gasteiger partial charge in [-0.25, -0.2) is 8.78 Å². The molecule has 0 aliphatic carbocycles. The first-order valence-electron chi connectivity index (χ1n) is 5.46. The van der Waals surface area contributed by atoms with Gasteiger partial charge in [0.15, 0.2) is 0 Å². The molecule has 2 aliphatic heterocycles. The lowest BCUT2D eigenvalue weighted by molar-refractivity contribution is -0.140. The average Bonchev–Trinajstić information content (AvgIpc) is 2.69. The van der Waals surface area contributed by atoms with E-state index in [9.17, 15) is 13.6 Å². The molecule has 15 heavy (non-hydrogen) atoms. The summed E-state index contributed by atoms with van der Waals surface area (Å²) >= 11 is 0. The topological polar surface area (TPSA) is 32.3 Å². The second-order valence-electron chi connectivity index (χ2n) is 4.37. The van der Waals surface area contributed by atoms with Gasteiger partial charge in [-0.3, -0.25) is 4.79 Å². The SMILES string of the molecule is O=C([C@@H]1CCNC1)N1CCC(F)(F)CC1. The van der Waals surface area contributed by atoms with Gasteiger partial charge in [0.1, 0.15) is 0 Å². The maximum absolute atomic E-state index is 12.9. The molecule has 5 heteroatoms. The van der Waals surface area contributed by atoms with Gasteiger partial charge in [0.25, 0.3) is 5.92 Å². The Morgan fingerprint density at radius 3 is 2.53 bits per heavy atom. The highest BCUT2D eigenvalue weighted by atomic mass is 19.3. The Morgan fingerprint density at radius 1 is 1.33 bits per heavy atom. The van der Waals surface area contributed by atoms with Gasteiger partial charge in [0.2, 0.25) is 5.91 Å². The largest absolute Gasteiger partial charge is 0.342 e. The molecule has 0 bridgehead atoms. The molecule has 2 fully saturated rings. The van der Waals surface area contributed by atoms with Crippen LogP contribution in [-0.4, -0.2) is 42.9 Å². The van der Waals surface area contributed by atoms with Crippen LogP contribution >= 0.6 is 0 Å². The van der Waals surface area contributed by atoms with Crippen molar-refractivity contribution in [1.29, 1.82) is 0 Å². The van der Waals surface area contributed by atoms with Crippen molar-refractivity contribution < 1.29 is 13.6 Å². The second kappa shape index (κ2) is 4.04. The van der Waals surface area contributed by atoms with E-state index in [2.05, 4.69) is 5.32 Å². The first-order valence-corrected chi connectivity index (χ1v) is 5.46. The molecule has 1 N–H and O–H groups in total. The number of carbonyl (C=O) groups excluding carboxylic acids is 1. The Labute approximate surface area is 87.8 Å². The Bertz CT molecular complexity index is 242. The van der Waals surface area contributed by atoms with Gasteiger partial charge in [-0.15, -0.1) is 0 Å². The van der Waals surface area contributed by atoms with Crippen LogP contribution in [0.15, 0.2) is 0 Å². The lowest BCUT2D eigenvalue weighted by atomic mass is 10.0. The first-order chi connectivity index (χ1) is 7.08. The number of likely N-dealkylation sites (tertiary alicyclic amines) is 1. The molecule has 0 saturated carbocycles. The lowest BCUT2D eigenvalue weighted by Gasteiger charge is -2.33. The quantitative estimate of drug-likeness (QED) is 0.707. The molecule has 86 valence electrons. The monoisotopic (exact) mass is 218 g/mol. The fourth-order valence-corrected chi connectivity index (χ4v) is 2.18. The van der Waals surface area contributed by atoms with Crippen LogP contribution < -0.4 is 5.32 Å². The van der Waals surface area contributed by atoms with Gasteiger partial charge in [-0.2, -0.15) is 0 Å². The third kappa shape index (κ3) is 2.45. The number of hydrogen-bond acceptors (Lipinski definition) is 2. The summed E-state index contributed by atoms with van der Waals surface area (Å²) in [6.07, 6.45) is 0.476. The van der Waals surface area contributed by atoms with Crippen molar-refractivity contribution in [3.63, 3.8) is 0 Å². The van der Waals surface area contributed by atoms with E-state index in [1.165, 1.54) is 0 Å². The second-order valence-corrected chi connectivity index (χ2v) is 4.37. The molecule has 0 aromatic rings. The fourth-order valence-electron chi connectivity index (χ4n) is 2.18. The molecule has 0 radical (unpaired) electrons. The summed E-state index contributed by atoms with van der Waals surface area (Å²) in [5.74, 6) is -2.50. The summed E-state index contributed by atoms with van der Waals surface area (Å²) in [5, 5.41) is 3.11. The van der Waals surface area contributed by atoms with Crippen molar-refractivity contribution in [3.8, 4) is 0 Å². The smallest absolute Gasteiger partial charge is 0.251 e. The normalized spacial score (nSPS) is 30.5. The molecule has 2 saturated heterocycles. The summed E-state index contributed by atoms with van der Waals surface area (Å²) in [5.41, 5.74) is 0. The Kier molecular flexibility index (Phi) is 2.91. The number of alkyl halides is 2. The van der Waals surface area contributed by atoms with Gasteiger partial charge in [0, 0.05) is 32.5 Å². The number of carbonyl (C=O) groups is 1. The van der Waals surface area contributed by atoms with Crippen LogP contribution in [0.25, 0.3) is 0 Å². The molecule has 0 aromatic carbocycles. The van der Waals surface area contributed by atoms with Crippen LogP contribution in [-0.2, 0) is 4.79 Å². The Hall–Kier alpha value is -0.710. The number of nitrogens with one attached hydrogen (secondary N) is 1. The van der Waals surface area contributed by atoms with Crippen molar-refractivity contribution >= 4 is 5.91 Å². The van der Waals surface area contributed by atoms with Crippen molar-refractivity contribution in [2.24, 2.45) is 5.92 Å². The van der Waals surface area contributed by atoms with Crippen LogP contribution in [0.2, 0.25) is 0 Å². The van der Waals surface area contributed by atoms with E-state index >= 15 is 0 Å². The first kappa shape index (κ1) is 10.8. The molecule has 3 nitrogen and oxygen atoms in total. The van der Waals surface area contributed by atoms with Gasteiger partial charge in [-0.1, -0.05) is 0 Å². The third-order valence-corrected chi connectivity index (χ3v) is 3.22. The van der Waals surface area contributed by atoms with Crippen molar-refractivity contribution in [2.75, 3.05) is 26.2 Å². The van der Waals surface area contributed by atoms with E-state index < -0.39 is 5.92 Å². The molecular formula is C10H16F2N2O. The summed E-state index contributed by atoms with van der Waals surface area (Å²) in [6, 6.07) is 0. The van der Waals surface area contributed by atoms with Crippen molar-refractivity contribution in [1.82, 2.24) is 10.2 Å². The molecule has 2 rings (SSSR count). The van der Waals surface area contributed by atoms with E-state index in [4.69, 9.17) is 0 Å². The molecule has 0 aromatic heterocycles. The van der Waals surface area contributed by atoms with Crippen LogP contribution in [0.3, 0.4) is 0 Å². The molecule has 0 unspecified atom stereocenters. The summed E-state index contributed by atoms with van der Waals surface area (Å²) in [6.45, 7) is 1.98. The maximum atomic E-state index is 12.9. The summed E-state index contributed by atoms with van der Waals surface area (Å²) < 4.78 is 25.7. The minimum atomic E-state index is -2.56. The van der Waals surface area contributed by atoms with Crippen LogP contribution in [0.4, 0.5) is 8.78 Å². The number of halogens is 2. The molecule has 0 spiro atoms. The predicted octanol–water partition coefficient (Wildman–Crippen LogP) is 0.854. The number of piperidine rings is 1. The Balaban J connectivity index is 1.87. The zero-order valence-corrected chi connectivity index (χ0v) is 8.64. The minimum absolute atomic E-state index is 0.0109. The average molecular weight is 218 g/mol. The highest BCUT2D eigenvalue weighted by Gasteiger charge is 2.37. The van der Waals surface area contributed by atoms with Crippen molar-refractivity contribution in [3.05, 3.63) is 0 Å². The zero-order valence-electron chi connectivity index (χ0n) is 8.64. The van der Waals surface area contributed by atoms with E-state index in [0.29, 0.717) is 6.54 Å².